The number of hydrogen-bond acceptors (Lipinski definition) is 4. The highest BCUT2D eigenvalue weighted by Gasteiger charge is 2.30. The van der Waals surface area contributed by atoms with Gasteiger partial charge in [-0.2, -0.15) is 0 Å². The number of ketones is 1. The molecule has 0 saturated heterocycles. The topological polar surface area (TPSA) is 64.6 Å². The maximum Gasteiger partial charge on any atom is 0.251 e. The molecule has 0 radical (unpaired) electrons. The van der Waals surface area contributed by atoms with Crippen molar-refractivity contribution in [3.63, 3.8) is 0 Å². The fraction of sp³-hybridized carbons (Fsp3) is 0.333. The Morgan fingerprint density at radius 3 is 2.46 bits per heavy atom. The predicted octanol–water partition coefficient (Wildman–Crippen LogP) is 3.66. The van der Waals surface area contributed by atoms with E-state index in [1.54, 1.807) is 21.0 Å². The number of Topliss-reactive ketones (excluding diaryl/α,β-unsaturated/α-hetero) is 1. The Morgan fingerprint density at radius 1 is 1.12 bits per heavy atom. The molecule has 2 aromatic carbocycles. The zero-order valence-electron chi connectivity index (χ0n) is 15.7. The average molecular weight is 353 g/mol. The van der Waals surface area contributed by atoms with Crippen LogP contribution in [-0.2, 0) is 11.3 Å². The average Bonchev–Trinajstić information content (AvgIpc) is 2.95. The minimum absolute atomic E-state index is 0.0535. The largest absolute Gasteiger partial charge is 0.493 e. The van der Waals surface area contributed by atoms with E-state index in [-0.39, 0.29) is 11.7 Å². The molecule has 0 unspecified atom stereocenters. The molecule has 1 heterocycles. The lowest BCUT2D eigenvalue weighted by atomic mass is 9.97. The summed E-state index contributed by atoms with van der Waals surface area (Å²) < 4.78 is 11.7. The maximum atomic E-state index is 12.0. The van der Waals surface area contributed by atoms with Gasteiger partial charge in [0.15, 0.2) is 22.9 Å². The van der Waals surface area contributed by atoms with E-state index in [1.807, 2.05) is 37.3 Å². The smallest absolute Gasteiger partial charge is 0.251 e. The molecule has 1 aliphatic rings. The van der Waals surface area contributed by atoms with E-state index >= 15 is 0 Å². The van der Waals surface area contributed by atoms with Crippen LogP contribution < -0.4 is 14.8 Å². The molecule has 26 heavy (non-hydrogen) atoms. The van der Waals surface area contributed by atoms with Crippen molar-refractivity contribution in [2.75, 3.05) is 7.11 Å². The van der Waals surface area contributed by atoms with Crippen molar-refractivity contribution in [1.82, 2.24) is 5.32 Å². The molecule has 3 rings (SSSR count). The lowest BCUT2D eigenvalue weighted by molar-refractivity contribution is -0.129. The summed E-state index contributed by atoms with van der Waals surface area (Å²) in [7, 11) is 1.59. The summed E-state index contributed by atoms with van der Waals surface area (Å²) in [5.41, 5.74) is 3.31. The molecular formula is C21H23NO4. The van der Waals surface area contributed by atoms with E-state index in [4.69, 9.17) is 9.47 Å². The highest BCUT2D eigenvalue weighted by atomic mass is 16.5. The van der Waals surface area contributed by atoms with E-state index in [2.05, 4.69) is 5.32 Å². The Bertz CT molecular complexity index is 899. The third kappa shape index (κ3) is 3.05. The van der Waals surface area contributed by atoms with Crippen molar-refractivity contribution in [2.45, 2.75) is 39.8 Å². The molecular weight excluding hydrogens is 330 g/mol. The van der Waals surface area contributed by atoms with Crippen LogP contribution in [0.15, 0.2) is 30.3 Å². The lowest BCUT2D eigenvalue weighted by Crippen LogP contribution is -2.36. The Kier molecular flexibility index (Phi) is 4.48. The second-order valence-corrected chi connectivity index (χ2v) is 7.02. The molecule has 0 aliphatic carbocycles. The molecule has 0 bridgehead atoms. The number of nitrogens with one attached hydrogen (secondary N) is 1. The van der Waals surface area contributed by atoms with E-state index in [0.717, 1.165) is 22.3 Å². The molecule has 0 spiro atoms. The molecule has 2 aromatic rings. The van der Waals surface area contributed by atoms with Crippen LogP contribution in [0, 0.1) is 6.92 Å². The highest BCUT2D eigenvalue weighted by Crippen LogP contribution is 2.43. The Morgan fingerprint density at radius 2 is 1.81 bits per heavy atom. The number of carbonyl (C=O) groups excluding carboxylic acids is 2. The summed E-state index contributed by atoms with van der Waals surface area (Å²) >= 11 is 0. The van der Waals surface area contributed by atoms with Crippen LogP contribution in [0.3, 0.4) is 0 Å². The monoisotopic (exact) mass is 353 g/mol. The minimum Gasteiger partial charge on any atom is -0.493 e. The van der Waals surface area contributed by atoms with Gasteiger partial charge in [0.25, 0.3) is 5.91 Å². The van der Waals surface area contributed by atoms with Crippen LogP contribution in [0.5, 0.6) is 11.5 Å². The first-order valence-electron chi connectivity index (χ1n) is 8.53. The lowest BCUT2D eigenvalue weighted by Gasteiger charge is -2.27. The number of carbonyl (C=O) groups is 2. The number of amides is 1. The van der Waals surface area contributed by atoms with Crippen molar-refractivity contribution in [3.05, 3.63) is 47.0 Å². The van der Waals surface area contributed by atoms with Crippen molar-refractivity contribution in [1.29, 1.82) is 0 Å². The van der Waals surface area contributed by atoms with Gasteiger partial charge < -0.3 is 14.8 Å². The van der Waals surface area contributed by atoms with Gasteiger partial charge in [-0.1, -0.05) is 18.2 Å². The fourth-order valence-corrected chi connectivity index (χ4v) is 2.97. The summed E-state index contributed by atoms with van der Waals surface area (Å²) in [5, 5.41) is 2.82. The standard InChI is InChI=1S/C21H23NO4/c1-12-6-8-16(14-7-9-17-15(10-14)11-22-20(17)24)19(18(12)25-5)26-21(3,4)13(2)23/h6-10H,11H2,1-5H3,(H,22,24). The van der Waals surface area contributed by atoms with Gasteiger partial charge in [-0.3, -0.25) is 9.59 Å². The zero-order chi connectivity index (χ0) is 19.1. The van der Waals surface area contributed by atoms with Gasteiger partial charge in [-0.15, -0.1) is 0 Å². The van der Waals surface area contributed by atoms with E-state index in [1.165, 1.54) is 6.92 Å². The van der Waals surface area contributed by atoms with Crippen LogP contribution >= 0.6 is 0 Å². The molecule has 1 amide bonds. The van der Waals surface area contributed by atoms with Gasteiger partial charge in [0.2, 0.25) is 0 Å². The first kappa shape index (κ1) is 18.0. The van der Waals surface area contributed by atoms with Gasteiger partial charge in [-0.25, -0.2) is 0 Å². The SMILES string of the molecule is COc1c(C)ccc(-c2ccc3c(c2)CNC3=O)c1OC(C)(C)C(C)=O. The van der Waals surface area contributed by atoms with Crippen LogP contribution in [0.2, 0.25) is 0 Å². The molecule has 1 N–H and O–H groups in total. The number of fused-ring (bicyclic) bond motifs is 1. The molecule has 5 nitrogen and oxygen atoms in total. The number of ether oxygens (including phenoxy) is 2. The highest BCUT2D eigenvalue weighted by molar-refractivity contribution is 5.99. The van der Waals surface area contributed by atoms with Gasteiger partial charge >= 0.3 is 0 Å². The number of methoxy groups -OCH3 is 1. The first-order chi connectivity index (χ1) is 12.2. The van der Waals surface area contributed by atoms with Crippen LogP contribution in [-0.4, -0.2) is 24.4 Å². The second kappa shape index (κ2) is 6.48. The van der Waals surface area contributed by atoms with Crippen LogP contribution in [0.25, 0.3) is 11.1 Å². The Balaban J connectivity index is 2.16. The maximum absolute atomic E-state index is 12.0. The number of rotatable bonds is 5. The summed E-state index contributed by atoms with van der Waals surface area (Å²) in [5.74, 6) is 1.01. The third-order valence-corrected chi connectivity index (χ3v) is 4.82. The van der Waals surface area contributed by atoms with Gasteiger partial charge in [0.1, 0.15) is 0 Å². The number of benzene rings is 2. The molecule has 136 valence electrons. The van der Waals surface area contributed by atoms with Crippen molar-refractivity contribution in [2.24, 2.45) is 0 Å². The van der Waals surface area contributed by atoms with Crippen molar-refractivity contribution in [3.8, 4) is 22.6 Å². The molecule has 0 aromatic heterocycles. The summed E-state index contributed by atoms with van der Waals surface area (Å²) in [6.07, 6.45) is 0. The fourth-order valence-electron chi connectivity index (χ4n) is 2.97. The van der Waals surface area contributed by atoms with Crippen molar-refractivity contribution < 1.29 is 19.1 Å². The number of hydrogen-bond donors (Lipinski definition) is 1. The van der Waals surface area contributed by atoms with E-state index in [9.17, 15) is 9.59 Å². The summed E-state index contributed by atoms with van der Waals surface area (Å²) in [6.45, 7) is 7.44. The van der Waals surface area contributed by atoms with Crippen LogP contribution in [0.4, 0.5) is 0 Å². The molecule has 5 heteroatoms. The summed E-state index contributed by atoms with van der Waals surface area (Å²) in [6, 6.07) is 9.60. The van der Waals surface area contributed by atoms with Gasteiger partial charge in [0.05, 0.1) is 7.11 Å². The summed E-state index contributed by atoms with van der Waals surface area (Å²) in [4.78, 5) is 23.8. The molecule has 0 fully saturated rings. The normalized spacial score (nSPS) is 13.2. The Labute approximate surface area is 153 Å². The zero-order valence-corrected chi connectivity index (χ0v) is 15.7. The predicted molar refractivity (Wildman–Crippen MR) is 99.7 cm³/mol. The van der Waals surface area contributed by atoms with E-state index < -0.39 is 5.60 Å². The van der Waals surface area contributed by atoms with Gasteiger partial charge in [-0.05, 0) is 56.5 Å². The molecule has 0 atom stereocenters. The first-order valence-corrected chi connectivity index (χ1v) is 8.53. The van der Waals surface area contributed by atoms with E-state index in [0.29, 0.717) is 23.6 Å². The quantitative estimate of drug-likeness (QED) is 0.891. The van der Waals surface area contributed by atoms with Crippen LogP contribution in [0.1, 0.15) is 42.3 Å². The van der Waals surface area contributed by atoms with Crippen molar-refractivity contribution >= 4 is 11.7 Å². The number of aryl methyl sites for hydroxylation is 1. The second-order valence-electron chi connectivity index (χ2n) is 7.02. The minimum atomic E-state index is -0.982. The van der Waals surface area contributed by atoms with Gasteiger partial charge in [0, 0.05) is 17.7 Å². The molecule has 1 aliphatic heterocycles. The molecule has 0 saturated carbocycles. The Hall–Kier alpha value is -2.82. The third-order valence-electron chi connectivity index (χ3n) is 4.82.